The number of nitrogens with zero attached hydrogens (tertiary/aromatic N) is 1. The first-order valence-electron chi connectivity index (χ1n) is 12.8. The van der Waals surface area contributed by atoms with Crippen LogP contribution in [-0.2, 0) is 24.8 Å². The molecular weight excluding hydrogens is 582 g/mol. The SMILES string of the molecule is CCOc1cc([C@@H](Nc2ccc3c(N)nccc3c2)C(=O)NS(=O)(=O)c2cccc(S(N)(=O)=O)c2)ccc1OC(C)C. The maximum Gasteiger partial charge on any atom is 0.264 e. The third-order valence-electron chi connectivity index (χ3n) is 6.01. The second-order valence-electron chi connectivity index (χ2n) is 9.50. The number of hydrogen-bond donors (Lipinski definition) is 4. The number of fused-ring (bicyclic) bond motifs is 1. The first kappa shape index (κ1) is 30.6. The van der Waals surface area contributed by atoms with Crippen molar-refractivity contribution in [2.24, 2.45) is 5.14 Å². The molecule has 0 radical (unpaired) electrons. The average Bonchev–Trinajstić information content (AvgIpc) is 2.92. The van der Waals surface area contributed by atoms with Crippen molar-refractivity contribution in [2.45, 2.75) is 42.7 Å². The molecule has 1 atom stereocenters. The molecule has 0 unspecified atom stereocenters. The fraction of sp³-hybridized carbons (Fsp3) is 0.214. The van der Waals surface area contributed by atoms with Crippen LogP contribution in [0.5, 0.6) is 11.5 Å². The van der Waals surface area contributed by atoms with Gasteiger partial charge >= 0.3 is 0 Å². The number of rotatable bonds is 11. The van der Waals surface area contributed by atoms with E-state index in [2.05, 4.69) is 10.3 Å². The lowest BCUT2D eigenvalue weighted by molar-refractivity contribution is -0.120. The molecule has 0 aliphatic carbocycles. The third kappa shape index (κ3) is 7.08. The molecule has 0 bridgehead atoms. The van der Waals surface area contributed by atoms with Gasteiger partial charge in [-0.3, -0.25) is 4.79 Å². The molecule has 1 heterocycles. The van der Waals surface area contributed by atoms with Gasteiger partial charge in [0.25, 0.3) is 15.9 Å². The van der Waals surface area contributed by atoms with Gasteiger partial charge in [-0.05, 0) is 86.3 Å². The van der Waals surface area contributed by atoms with E-state index in [-0.39, 0.29) is 6.10 Å². The molecule has 0 aliphatic rings. The molecule has 0 aliphatic heterocycles. The Kier molecular flexibility index (Phi) is 8.89. The van der Waals surface area contributed by atoms with E-state index in [1.54, 1.807) is 55.6 Å². The molecule has 3 aromatic carbocycles. The van der Waals surface area contributed by atoms with Crippen molar-refractivity contribution < 1.29 is 31.1 Å². The molecule has 1 amide bonds. The van der Waals surface area contributed by atoms with E-state index in [0.717, 1.165) is 23.6 Å². The molecule has 0 saturated heterocycles. The largest absolute Gasteiger partial charge is 0.490 e. The maximum absolute atomic E-state index is 13.7. The highest BCUT2D eigenvalue weighted by Gasteiger charge is 2.28. The van der Waals surface area contributed by atoms with Crippen molar-refractivity contribution in [1.82, 2.24) is 9.71 Å². The summed E-state index contributed by atoms with van der Waals surface area (Å²) in [7, 11) is -8.70. The van der Waals surface area contributed by atoms with Crippen LogP contribution in [0.4, 0.5) is 11.5 Å². The van der Waals surface area contributed by atoms with Crippen molar-refractivity contribution in [3.05, 3.63) is 78.5 Å². The number of sulfonamides is 2. The number of nitrogen functional groups attached to an aromatic ring is 1. The number of ether oxygens (including phenoxy) is 2. The Hall–Kier alpha value is -4.40. The molecule has 4 aromatic rings. The minimum atomic E-state index is -4.51. The lowest BCUT2D eigenvalue weighted by Crippen LogP contribution is -2.37. The Morgan fingerprint density at radius 3 is 2.38 bits per heavy atom. The van der Waals surface area contributed by atoms with Gasteiger partial charge < -0.3 is 20.5 Å². The van der Waals surface area contributed by atoms with Crippen molar-refractivity contribution in [3.63, 3.8) is 0 Å². The van der Waals surface area contributed by atoms with Crippen LogP contribution in [0.25, 0.3) is 10.8 Å². The van der Waals surface area contributed by atoms with Crippen LogP contribution < -0.4 is 30.4 Å². The van der Waals surface area contributed by atoms with Crippen LogP contribution in [0.2, 0.25) is 0 Å². The minimum absolute atomic E-state index is 0.148. The summed E-state index contributed by atoms with van der Waals surface area (Å²) in [6.45, 7) is 5.83. The first-order chi connectivity index (χ1) is 19.8. The molecule has 0 saturated carbocycles. The van der Waals surface area contributed by atoms with E-state index >= 15 is 0 Å². The molecule has 0 spiro atoms. The summed E-state index contributed by atoms with van der Waals surface area (Å²) in [4.78, 5) is 16.9. The number of amides is 1. The van der Waals surface area contributed by atoms with Gasteiger partial charge in [0.15, 0.2) is 11.5 Å². The molecule has 0 fully saturated rings. The molecule has 6 N–H and O–H groups in total. The lowest BCUT2D eigenvalue weighted by Gasteiger charge is -2.22. The second kappa shape index (κ2) is 12.2. The standard InChI is InChI=1S/C28H31N5O7S2/c1-4-39-25-15-19(8-11-24(25)40-17(2)3)26(32-20-9-10-23-18(14-20)12-13-31-27(23)29)28(34)33-42(37,38)22-7-5-6-21(16-22)41(30,35)36/h5-17,26,32H,4H2,1-3H3,(H2,29,31)(H,33,34)(H2,30,35,36)/t26-/m1/s1. The van der Waals surface area contributed by atoms with E-state index in [9.17, 15) is 21.6 Å². The Morgan fingerprint density at radius 2 is 1.69 bits per heavy atom. The Bertz CT molecular complexity index is 1840. The summed E-state index contributed by atoms with van der Waals surface area (Å²) >= 11 is 0. The third-order valence-corrected chi connectivity index (χ3v) is 8.27. The smallest absolute Gasteiger partial charge is 0.264 e. The maximum atomic E-state index is 13.7. The fourth-order valence-electron chi connectivity index (χ4n) is 4.15. The molecule has 222 valence electrons. The van der Waals surface area contributed by atoms with Gasteiger partial charge in [-0.2, -0.15) is 0 Å². The van der Waals surface area contributed by atoms with Crippen LogP contribution >= 0.6 is 0 Å². The molecule has 1 aromatic heterocycles. The van der Waals surface area contributed by atoms with E-state index in [4.69, 9.17) is 20.3 Å². The number of hydrogen-bond acceptors (Lipinski definition) is 10. The predicted molar refractivity (Wildman–Crippen MR) is 159 cm³/mol. The van der Waals surface area contributed by atoms with Crippen LogP contribution in [0.3, 0.4) is 0 Å². The molecule has 42 heavy (non-hydrogen) atoms. The lowest BCUT2D eigenvalue weighted by atomic mass is 10.0. The Balaban J connectivity index is 1.75. The normalized spacial score (nSPS) is 12.6. The van der Waals surface area contributed by atoms with Crippen LogP contribution in [0, 0.1) is 0 Å². The number of carbonyl (C=O) groups excluding carboxylic acids is 1. The highest BCUT2D eigenvalue weighted by atomic mass is 32.2. The van der Waals surface area contributed by atoms with Crippen LogP contribution in [-0.4, -0.2) is 40.4 Å². The van der Waals surface area contributed by atoms with Crippen molar-refractivity contribution in [3.8, 4) is 11.5 Å². The summed E-state index contributed by atoms with van der Waals surface area (Å²) in [6, 6.07) is 14.9. The quantitative estimate of drug-likeness (QED) is 0.195. The average molecular weight is 614 g/mol. The number of primary sulfonamides is 1. The Labute approximate surface area is 244 Å². The van der Waals surface area contributed by atoms with Crippen molar-refractivity contribution >= 4 is 48.2 Å². The summed E-state index contributed by atoms with van der Waals surface area (Å²) in [5, 5.41) is 9.70. The number of nitrogens with one attached hydrogen (secondary N) is 2. The van der Waals surface area contributed by atoms with Crippen molar-refractivity contribution in [2.75, 3.05) is 17.7 Å². The first-order valence-corrected chi connectivity index (χ1v) is 15.8. The zero-order chi connectivity index (χ0) is 30.7. The van der Waals surface area contributed by atoms with Gasteiger partial charge in [0.2, 0.25) is 10.0 Å². The number of aromatic nitrogens is 1. The zero-order valence-electron chi connectivity index (χ0n) is 23.1. The summed E-state index contributed by atoms with van der Waals surface area (Å²) < 4.78 is 63.6. The van der Waals surface area contributed by atoms with Gasteiger partial charge in [0, 0.05) is 17.3 Å². The molecule has 12 nitrogen and oxygen atoms in total. The highest BCUT2D eigenvalue weighted by Crippen LogP contribution is 2.34. The molecule has 14 heteroatoms. The number of pyridine rings is 1. The molecular formula is C28H31N5O7S2. The van der Waals surface area contributed by atoms with E-state index in [1.807, 2.05) is 18.6 Å². The summed E-state index contributed by atoms with van der Waals surface area (Å²) in [5.74, 6) is 0.217. The molecule has 4 rings (SSSR count). The second-order valence-corrected chi connectivity index (χ2v) is 12.7. The predicted octanol–water partition coefficient (Wildman–Crippen LogP) is 3.31. The van der Waals surface area contributed by atoms with Crippen LogP contribution in [0.15, 0.2) is 82.7 Å². The number of benzene rings is 3. The van der Waals surface area contributed by atoms with Gasteiger partial charge in [-0.1, -0.05) is 12.1 Å². The van der Waals surface area contributed by atoms with E-state index in [0.29, 0.717) is 40.6 Å². The van der Waals surface area contributed by atoms with Gasteiger partial charge in [-0.15, -0.1) is 0 Å². The van der Waals surface area contributed by atoms with Gasteiger partial charge in [0.1, 0.15) is 11.9 Å². The zero-order valence-corrected chi connectivity index (χ0v) is 24.7. The highest BCUT2D eigenvalue weighted by molar-refractivity contribution is 7.90. The number of carbonyl (C=O) groups is 1. The topological polar surface area (TPSA) is 193 Å². The van der Waals surface area contributed by atoms with E-state index in [1.165, 1.54) is 6.07 Å². The number of anilines is 2. The minimum Gasteiger partial charge on any atom is -0.490 e. The number of nitrogens with two attached hydrogens (primary N) is 2. The van der Waals surface area contributed by atoms with Crippen molar-refractivity contribution in [1.29, 1.82) is 0 Å². The van der Waals surface area contributed by atoms with Gasteiger partial charge in [0.05, 0.1) is 22.5 Å². The van der Waals surface area contributed by atoms with Crippen LogP contribution in [0.1, 0.15) is 32.4 Å². The van der Waals surface area contributed by atoms with Gasteiger partial charge in [-0.25, -0.2) is 31.7 Å². The fourth-order valence-corrected chi connectivity index (χ4v) is 5.82. The summed E-state index contributed by atoms with van der Waals surface area (Å²) in [5.41, 5.74) is 6.83. The monoisotopic (exact) mass is 613 g/mol. The summed E-state index contributed by atoms with van der Waals surface area (Å²) in [6.07, 6.45) is 1.40. The Morgan fingerprint density at radius 1 is 0.952 bits per heavy atom. The van der Waals surface area contributed by atoms with E-state index < -0.39 is 41.8 Å².